The molecule has 0 aliphatic rings. The average molecular weight is 286 g/mol. The third-order valence-corrected chi connectivity index (χ3v) is 2.86. The van der Waals surface area contributed by atoms with Crippen molar-refractivity contribution in [1.29, 1.82) is 0 Å². The number of hydrogen-bond acceptors (Lipinski definition) is 2. The van der Waals surface area contributed by atoms with Crippen molar-refractivity contribution in [3.05, 3.63) is 29.8 Å². The Bertz CT molecular complexity index is 280. The zero-order valence-electron chi connectivity index (χ0n) is 10.1. The van der Waals surface area contributed by atoms with Crippen LogP contribution in [0.1, 0.15) is 18.9 Å². The van der Waals surface area contributed by atoms with Crippen molar-refractivity contribution in [2.24, 2.45) is 0 Å². The van der Waals surface area contributed by atoms with E-state index in [0.29, 0.717) is 0 Å². The number of alkyl halides is 1. The molecule has 0 heterocycles. The van der Waals surface area contributed by atoms with Gasteiger partial charge in [0, 0.05) is 18.4 Å². The SMILES string of the molecule is CCCN(CCBr)Cc1ccc(OC)cc1. The highest BCUT2D eigenvalue weighted by Gasteiger charge is 2.04. The quantitative estimate of drug-likeness (QED) is 0.713. The molecule has 0 unspecified atom stereocenters. The maximum atomic E-state index is 5.15. The van der Waals surface area contributed by atoms with Crippen LogP contribution in [0.2, 0.25) is 0 Å². The van der Waals surface area contributed by atoms with E-state index in [9.17, 15) is 0 Å². The Labute approximate surface area is 107 Å². The predicted molar refractivity (Wildman–Crippen MR) is 72.4 cm³/mol. The van der Waals surface area contributed by atoms with E-state index in [2.05, 4.69) is 39.9 Å². The summed E-state index contributed by atoms with van der Waals surface area (Å²) < 4.78 is 5.15. The number of nitrogens with zero attached hydrogens (tertiary/aromatic N) is 1. The summed E-state index contributed by atoms with van der Waals surface area (Å²) in [5.74, 6) is 0.922. The normalized spacial score (nSPS) is 10.8. The lowest BCUT2D eigenvalue weighted by molar-refractivity contribution is 0.283. The zero-order chi connectivity index (χ0) is 11.8. The molecule has 0 saturated heterocycles. The highest BCUT2D eigenvalue weighted by Crippen LogP contribution is 2.13. The monoisotopic (exact) mass is 285 g/mol. The van der Waals surface area contributed by atoms with Gasteiger partial charge in [-0.2, -0.15) is 0 Å². The molecule has 0 aliphatic carbocycles. The summed E-state index contributed by atoms with van der Waals surface area (Å²) in [7, 11) is 1.70. The van der Waals surface area contributed by atoms with Crippen LogP contribution >= 0.6 is 15.9 Å². The summed E-state index contributed by atoms with van der Waals surface area (Å²) in [4.78, 5) is 2.45. The second-order valence-corrected chi connectivity index (χ2v) is 4.61. The summed E-state index contributed by atoms with van der Waals surface area (Å²) in [5, 5.41) is 1.03. The minimum Gasteiger partial charge on any atom is -0.497 e. The van der Waals surface area contributed by atoms with Crippen molar-refractivity contribution in [3.8, 4) is 5.75 Å². The van der Waals surface area contributed by atoms with Gasteiger partial charge in [-0.05, 0) is 30.7 Å². The van der Waals surface area contributed by atoms with Gasteiger partial charge in [0.25, 0.3) is 0 Å². The molecule has 90 valence electrons. The number of rotatable bonds is 7. The van der Waals surface area contributed by atoms with Gasteiger partial charge in [-0.25, -0.2) is 0 Å². The third kappa shape index (κ3) is 4.54. The first-order valence-electron chi connectivity index (χ1n) is 5.71. The van der Waals surface area contributed by atoms with Crippen molar-refractivity contribution in [2.45, 2.75) is 19.9 Å². The Balaban J connectivity index is 2.54. The summed E-state index contributed by atoms with van der Waals surface area (Å²) in [6.45, 7) is 5.48. The molecule has 0 radical (unpaired) electrons. The molecule has 16 heavy (non-hydrogen) atoms. The van der Waals surface area contributed by atoms with E-state index in [1.165, 1.54) is 12.0 Å². The number of methoxy groups -OCH3 is 1. The van der Waals surface area contributed by atoms with Gasteiger partial charge in [0.05, 0.1) is 7.11 Å². The van der Waals surface area contributed by atoms with Crippen molar-refractivity contribution in [1.82, 2.24) is 4.90 Å². The van der Waals surface area contributed by atoms with Crippen molar-refractivity contribution >= 4 is 15.9 Å². The molecular formula is C13H20BrNO. The summed E-state index contributed by atoms with van der Waals surface area (Å²) >= 11 is 3.49. The van der Waals surface area contributed by atoms with Crippen LogP contribution in [0, 0.1) is 0 Å². The zero-order valence-corrected chi connectivity index (χ0v) is 11.7. The number of benzene rings is 1. The molecule has 2 nitrogen and oxygen atoms in total. The Hall–Kier alpha value is -0.540. The lowest BCUT2D eigenvalue weighted by Crippen LogP contribution is -2.26. The largest absolute Gasteiger partial charge is 0.497 e. The Morgan fingerprint density at radius 2 is 1.88 bits per heavy atom. The standard InChI is InChI=1S/C13H20BrNO/c1-3-9-15(10-8-14)11-12-4-6-13(16-2)7-5-12/h4-7H,3,8-11H2,1-2H3. The highest BCUT2D eigenvalue weighted by molar-refractivity contribution is 9.09. The molecule has 0 aliphatic heterocycles. The molecule has 0 amide bonds. The molecular weight excluding hydrogens is 266 g/mol. The molecule has 3 heteroatoms. The fourth-order valence-electron chi connectivity index (χ4n) is 1.69. The Morgan fingerprint density at radius 1 is 1.19 bits per heavy atom. The van der Waals surface area contributed by atoms with Crippen LogP contribution in [0.4, 0.5) is 0 Å². The lowest BCUT2D eigenvalue weighted by Gasteiger charge is -2.20. The molecule has 0 saturated carbocycles. The van der Waals surface area contributed by atoms with Gasteiger partial charge < -0.3 is 4.74 Å². The van der Waals surface area contributed by atoms with Gasteiger partial charge in [-0.1, -0.05) is 35.0 Å². The van der Waals surface area contributed by atoms with Gasteiger partial charge in [0.2, 0.25) is 0 Å². The van der Waals surface area contributed by atoms with Crippen molar-refractivity contribution in [2.75, 3.05) is 25.5 Å². The van der Waals surface area contributed by atoms with Crippen LogP contribution in [-0.2, 0) is 6.54 Å². The van der Waals surface area contributed by atoms with Crippen LogP contribution in [0.3, 0.4) is 0 Å². The second kappa shape index (κ2) is 7.69. The van der Waals surface area contributed by atoms with Gasteiger partial charge in [-0.15, -0.1) is 0 Å². The summed E-state index contributed by atoms with van der Waals surface area (Å²) in [6, 6.07) is 8.31. The Kier molecular flexibility index (Phi) is 6.50. The molecule has 0 spiro atoms. The predicted octanol–water partition coefficient (Wildman–Crippen LogP) is 3.30. The fourth-order valence-corrected chi connectivity index (χ4v) is 2.20. The van der Waals surface area contributed by atoms with Gasteiger partial charge >= 0.3 is 0 Å². The van der Waals surface area contributed by atoms with E-state index in [4.69, 9.17) is 4.74 Å². The van der Waals surface area contributed by atoms with E-state index < -0.39 is 0 Å². The van der Waals surface area contributed by atoms with E-state index in [1.54, 1.807) is 7.11 Å². The minimum atomic E-state index is 0.922. The summed E-state index contributed by atoms with van der Waals surface area (Å²) in [6.07, 6.45) is 1.20. The fraction of sp³-hybridized carbons (Fsp3) is 0.538. The van der Waals surface area contributed by atoms with Gasteiger partial charge in [-0.3, -0.25) is 4.90 Å². The number of ether oxygens (including phenoxy) is 1. The molecule has 0 atom stereocenters. The topological polar surface area (TPSA) is 12.5 Å². The van der Waals surface area contributed by atoms with Crippen LogP contribution in [0.15, 0.2) is 24.3 Å². The molecule has 1 rings (SSSR count). The number of halogens is 1. The molecule has 0 N–H and O–H groups in total. The van der Waals surface area contributed by atoms with E-state index in [0.717, 1.165) is 30.7 Å². The van der Waals surface area contributed by atoms with Gasteiger partial charge in [0.1, 0.15) is 5.75 Å². The maximum Gasteiger partial charge on any atom is 0.118 e. The first kappa shape index (κ1) is 13.5. The van der Waals surface area contributed by atoms with Gasteiger partial charge in [0.15, 0.2) is 0 Å². The lowest BCUT2D eigenvalue weighted by atomic mass is 10.2. The first-order valence-corrected chi connectivity index (χ1v) is 6.83. The first-order chi connectivity index (χ1) is 7.80. The Morgan fingerprint density at radius 3 is 2.38 bits per heavy atom. The maximum absolute atomic E-state index is 5.15. The molecule has 0 aromatic heterocycles. The van der Waals surface area contributed by atoms with Crippen molar-refractivity contribution < 1.29 is 4.74 Å². The molecule has 0 bridgehead atoms. The average Bonchev–Trinajstić information content (AvgIpc) is 2.31. The van der Waals surface area contributed by atoms with Crippen molar-refractivity contribution in [3.63, 3.8) is 0 Å². The smallest absolute Gasteiger partial charge is 0.118 e. The molecule has 1 aromatic carbocycles. The van der Waals surface area contributed by atoms with E-state index in [-0.39, 0.29) is 0 Å². The van der Waals surface area contributed by atoms with Crippen LogP contribution in [-0.4, -0.2) is 30.4 Å². The van der Waals surface area contributed by atoms with E-state index in [1.807, 2.05) is 12.1 Å². The molecule has 1 aromatic rings. The van der Waals surface area contributed by atoms with Crippen LogP contribution < -0.4 is 4.74 Å². The molecule has 0 fully saturated rings. The van der Waals surface area contributed by atoms with E-state index >= 15 is 0 Å². The minimum absolute atomic E-state index is 0.922. The second-order valence-electron chi connectivity index (χ2n) is 3.81. The number of hydrogen-bond donors (Lipinski definition) is 0. The third-order valence-electron chi connectivity index (χ3n) is 2.51. The van der Waals surface area contributed by atoms with Crippen LogP contribution in [0.5, 0.6) is 5.75 Å². The summed E-state index contributed by atoms with van der Waals surface area (Å²) in [5.41, 5.74) is 1.34. The van der Waals surface area contributed by atoms with Crippen LogP contribution in [0.25, 0.3) is 0 Å². The highest BCUT2D eigenvalue weighted by atomic mass is 79.9.